The van der Waals surface area contributed by atoms with E-state index < -0.39 is 0 Å². The van der Waals surface area contributed by atoms with Crippen LogP contribution in [0.4, 0.5) is 0 Å². The van der Waals surface area contributed by atoms with Crippen molar-refractivity contribution in [3.05, 3.63) is 36.5 Å². The molecule has 0 radical (unpaired) electrons. The van der Waals surface area contributed by atoms with Gasteiger partial charge >= 0.3 is 5.97 Å². The van der Waals surface area contributed by atoms with E-state index in [1.165, 1.54) is 0 Å². The van der Waals surface area contributed by atoms with E-state index in [0.29, 0.717) is 19.7 Å². The number of rotatable bonds is 8. The Hall–Kier alpha value is -2.63. The molecule has 2 aromatic rings. The monoisotopic (exact) mass is 344 g/mol. The van der Waals surface area contributed by atoms with E-state index in [1.54, 1.807) is 22.6 Å². The normalized spacial score (nSPS) is 10.6. The molecule has 6 heteroatoms. The average Bonchev–Trinajstić information content (AvgIpc) is 3.04. The van der Waals surface area contributed by atoms with Gasteiger partial charge in [-0.3, -0.25) is 19.0 Å². The highest BCUT2D eigenvalue weighted by molar-refractivity contribution is 5.94. The van der Waals surface area contributed by atoms with Crippen molar-refractivity contribution in [3.63, 3.8) is 0 Å². The molecule has 0 atom stereocenters. The molecule has 2 rings (SSSR count). The van der Waals surface area contributed by atoms with E-state index in [2.05, 4.69) is 0 Å². The van der Waals surface area contributed by atoms with Gasteiger partial charge in [0.15, 0.2) is 0 Å². The molecule has 1 amide bonds. The number of esters is 1. The van der Waals surface area contributed by atoms with Crippen molar-refractivity contribution in [1.82, 2.24) is 9.47 Å². The van der Waals surface area contributed by atoms with E-state index >= 15 is 0 Å². The second kappa shape index (κ2) is 9.01. The first-order chi connectivity index (χ1) is 12.1. The van der Waals surface area contributed by atoms with Crippen LogP contribution in [0, 0.1) is 0 Å². The number of aromatic nitrogens is 1. The second-order valence-corrected chi connectivity index (χ2v) is 5.67. The van der Waals surface area contributed by atoms with Crippen LogP contribution in [0.3, 0.4) is 0 Å². The number of benzene rings is 1. The molecule has 0 fully saturated rings. The van der Waals surface area contributed by atoms with Crippen LogP contribution in [0.15, 0.2) is 36.5 Å². The summed E-state index contributed by atoms with van der Waals surface area (Å²) in [6, 6.07) is 9.51. The SMILES string of the molecule is CCOC(=O)CCN(CC)C(=O)CCC(=O)n1ccc2ccccc21. The Bertz CT molecular complexity index is 751. The minimum Gasteiger partial charge on any atom is -0.466 e. The maximum atomic E-state index is 12.4. The zero-order valence-corrected chi connectivity index (χ0v) is 14.7. The lowest BCUT2D eigenvalue weighted by Crippen LogP contribution is -2.33. The maximum Gasteiger partial charge on any atom is 0.307 e. The van der Waals surface area contributed by atoms with Crippen LogP contribution < -0.4 is 0 Å². The summed E-state index contributed by atoms with van der Waals surface area (Å²) in [7, 11) is 0. The van der Waals surface area contributed by atoms with E-state index in [4.69, 9.17) is 4.74 Å². The first-order valence-corrected chi connectivity index (χ1v) is 8.59. The lowest BCUT2D eigenvalue weighted by Gasteiger charge is -2.20. The Balaban J connectivity index is 1.89. The van der Waals surface area contributed by atoms with Gasteiger partial charge in [0, 0.05) is 37.5 Å². The Kier molecular flexibility index (Phi) is 6.74. The first-order valence-electron chi connectivity index (χ1n) is 8.59. The molecule has 1 aromatic carbocycles. The molecule has 0 N–H and O–H groups in total. The molecule has 134 valence electrons. The molecular formula is C19H24N2O4. The molecule has 1 heterocycles. The van der Waals surface area contributed by atoms with Crippen molar-refractivity contribution < 1.29 is 19.1 Å². The third-order valence-electron chi connectivity index (χ3n) is 4.05. The van der Waals surface area contributed by atoms with Crippen LogP contribution in [0.25, 0.3) is 10.9 Å². The van der Waals surface area contributed by atoms with E-state index in [-0.39, 0.29) is 37.0 Å². The fourth-order valence-electron chi connectivity index (χ4n) is 2.71. The Morgan fingerprint density at radius 1 is 1.04 bits per heavy atom. The zero-order valence-electron chi connectivity index (χ0n) is 14.7. The summed E-state index contributed by atoms with van der Waals surface area (Å²) < 4.78 is 6.45. The van der Waals surface area contributed by atoms with Crippen LogP contribution in [-0.4, -0.2) is 46.9 Å². The molecule has 0 aliphatic heterocycles. The predicted molar refractivity (Wildman–Crippen MR) is 95.3 cm³/mol. The standard InChI is InChI=1S/C19H24N2O4/c1-3-20(13-12-19(24)25-4-2)17(22)9-10-18(23)21-14-11-15-7-5-6-8-16(15)21/h5-8,11,14H,3-4,9-10,12-13H2,1-2H3. The molecule has 0 spiro atoms. The Labute approximate surface area is 147 Å². The van der Waals surface area contributed by atoms with Gasteiger partial charge in [-0.1, -0.05) is 18.2 Å². The molecule has 25 heavy (non-hydrogen) atoms. The Morgan fingerprint density at radius 2 is 1.80 bits per heavy atom. The molecule has 0 unspecified atom stereocenters. The Morgan fingerprint density at radius 3 is 2.52 bits per heavy atom. The summed E-state index contributed by atoms with van der Waals surface area (Å²) >= 11 is 0. The highest BCUT2D eigenvalue weighted by Gasteiger charge is 2.16. The average molecular weight is 344 g/mol. The van der Waals surface area contributed by atoms with E-state index in [1.807, 2.05) is 37.3 Å². The smallest absolute Gasteiger partial charge is 0.307 e. The molecule has 0 saturated heterocycles. The fraction of sp³-hybridized carbons (Fsp3) is 0.421. The summed E-state index contributed by atoms with van der Waals surface area (Å²) in [6.45, 7) is 4.74. The fourth-order valence-corrected chi connectivity index (χ4v) is 2.71. The molecule has 0 saturated carbocycles. The van der Waals surface area contributed by atoms with Crippen LogP contribution in [0.2, 0.25) is 0 Å². The number of carbonyl (C=O) groups is 3. The second-order valence-electron chi connectivity index (χ2n) is 5.67. The van der Waals surface area contributed by atoms with Gasteiger partial charge in [-0.05, 0) is 26.0 Å². The molecule has 1 aromatic heterocycles. The largest absolute Gasteiger partial charge is 0.466 e. The highest BCUT2D eigenvalue weighted by atomic mass is 16.5. The highest BCUT2D eigenvalue weighted by Crippen LogP contribution is 2.16. The summed E-state index contributed by atoms with van der Waals surface area (Å²) in [5.74, 6) is -0.559. The number of hydrogen-bond donors (Lipinski definition) is 0. The van der Waals surface area contributed by atoms with Gasteiger partial charge in [-0.2, -0.15) is 0 Å². The number of ether oxygens (including phenoxy) is 1. The third-order valence-corrected chi connectivity index (χ3v) is 4.05. The van der Waals surface area contributed by atoms with Crippen LogP contribution >= 0.6 is 0 Å². The maximum absolute atomic E-state index is 12.4. The molecule has 0 aliphatic rings. The first kappa shape index (κ1) is 18.7. The lowest BCUT2D eigenvalue weighted by molar-refractivity contribution is -0.144. The van der Waals surface area contributed by atoms with Crippen molar-refractivity contribution in [2.24, 2.45) is 0 Å². The number of nitrogens with zero attached hydrogens (tertiary/aromatic N) is 2. The topological polar surface area (TPSA) is 68.6 Å². The summed E-state index contributed by atoms with van der Waals surface area (Å²) in [5, 5.41) is 0.992. The number of amides is 1. The number of hydrogen-bond acceptors (Lipinski definition) is 4. The van der Waals surface area contributed by atoms with Gasteiger partial charge < -0.3 is 9.64 Å². The molecular weight excluding hydrogens is 320 g/mol. The zero-order chi connectivity index (χ0) is 18.2. The predicted octanol–water partition coefficient (Wildman–Crippen LogP) is 2.86. The van der Waals surface area contributed by atoms with Crippen molar-refractivity contribution in [2.75, 3.05) is 19.7 Å². The minimum atomic E-state index is -0.316. The van der Waals surface area contributed by atoms with Crippen molar-refractivity contribution >= 4 is 28.7 Å². The van der Waals surface area contributed by atoms with Gasteiger partial charge in [-0.25, -0.2) is 0 Å². The van der Waals surface area contributed by atoms with E-state index in [0.717, 1.165) is 10.9 Å². The van der Waals surface area contributed by atoms with Gasteiger partial charge in [0.1, 0.15) is 0 Å². The van der Waals surface area contributed by atoms with Crippen LogP contribution in [0.1, 0.15) is 37.9 Å². The van der Waals surface area contributed by atoms with Gasteiger partial charge in [0.05, 0.1) is 18.5 Å². The number of fused-ring (bicyclic) bond motifs is 1. The summed E-state index contributed by atoms with van der Waals surface area (Å²) in [6.07, 6.45) is 2.16. The van der Waals surface area contributed by atoms with E-state index in [9.17, 15) is 14.4 Å². The van der Waals surface area contributed by atoms with Crippen LogP contribution in [0.5, 0.6) is 0 Å². The van der Waals surface area contributed by atoms with Crippen molar-refractivity contribution in [1.29, 1.82) is 0 Å². The van der Waals surface area contributed by atoms with Gasteiger partial charge in [0.25, 0.3) is 0 Å². The van der Waals surface area contributed by atoms with Crippen LogP contribution in [-0.2, 0) is 14.3 Å². The molecule has 0 aliphatic carbocycles. The van der Waals surface area contributed by atoms with Crippen molar-refractivity contribution in [3.8, 4) is 0 Å². The number of para-hydroxylation sites is 1. The molecule has 0 bridgehead atoms. The lowest BCUT2D eigenvalue weighted by atomic mass is 10.2. The summed E-state index contributed by atoms with van der Waals surface area (Å²) in [5.41, 5.74) is 0.842. The number of carbonyl (C=O) groups excluding carboxylic acids is 3. The van der Waals surface area contributed by atoms with Gasteiger partial charge in [0.2, 0.25) is 11.8 Å². The van der Waals surface area contributed by atoms with Crippen molar-refractivity contribution in [2.45, 2.75) is 33.1 Å². The van der Waals surface area contributed by atoms with Gasteiger partial charge in [-0.15, -0.1) is 0 Å². The molecule has 6 nitrogen and oxygen atoms in total. The third kappa shape index (κ3) is 4.92. The summed E-state index contributed by atoms with van der Waals surface area (Å²) in [4.78, 5) is 37.7. The quantitative estimate of drug-likeness (QED) is 0.691. The minimum absolute atomic E-state index is 0.115.